The smallest absolute Gasteiger partial charge is 0.333 e. The van der Waals surface area contributed by atoms with Crippen molar-refractivity contribution in [3.63, 3.8) is 0 Å². The number of aryl methyl sites for hydroxylation is 1. The van der Waals surface area contributed by atoms with E-state index in [2.05, 4.69) is 33.9 Å². The van der Waals surface area contributed by atoms with Crippen molar-refractivity contribution in [1.82, 2.24) is 9.13 Å². The minimum absolute atomic E-state index is 0.0525. The van der Waals surface area contributed by atoms with E-state index in [4.69, 9.17) is 9.16 Å². The lowest BCUT2D eigenvalue weighted by Crippen LogP contribution is -2.44. The Labute approximate surface area is 184 Å². The molecule has 0 radical (unpaired) electrons. The quantitative estimate of drug-likeness (QED) is 0.690. The predicted molar refractivity (Wildman–Crippen MR) is 123 cm³/mol. The van der Waals surface area contributed by atoms with Crippen LogP contribution < -0.4 is 11.2 Å². The summed E-state index contributed by atoms with van der Waals surface area (Å²) in [5, 5.41) is 10.6. The van der Waals surface area contributed by atoms with Crippen LogP contribution in [0.25, 0.3) is 0 Å². The molecule has 0 spiro atoms. The highest BCUT2D eigenvalue weighted by molar-refractivity contribution is 6.74. The molecule has 3 atom stereocenters. The normalized spacial score (nSPS) is 22.1. The Kier molecular flexibility index (Phi) is 6.76. The third kappa shape index (κ3) is 5.09. The third-order valence-electron chi connectivity index (χ3n) is 6.48. The predicted octanol–water partition coefficient (Wildman–Crippen LogP) is 3.04. The molecule has 1 unspecified atom stereocenters. The van der Waals surface area contributed by atoms with Crippen LogP contribution in [0.5, 0.6) is 0 Å². The van der Waals surface area contributed by atoms with E-state index in [1.165, 1.54) is 15.3 Å². The topological polar surface area (TPSA) is 82.7 Å². The summed E-state index contributed by atoms with van der Waals surface area (Å²) in [7, 11) is -1.99. The molecular formula is C23H34N2O5Si. The fraction of sp³-hybridized carbons (Fsp3) is 0.565. The first-order valence-electron chi connectivity index (χ1n) is 10.7. The summed E-state index contributed by atoms with van der Waals surface area (Å²) >= 11 is 0. The maximum Gasteiger partial charge on any atom is 0.333 e. The van der Waals surface area contributed by atoms with Crippen molar-refractivity contribution in [2.75, 3.05) is 6.61 Å². The molecule has 0 bridgehead atoms. The Bertz CT molecular complexity index is 1020. The molecule has 170 valence electrons. The Morgan fingerprint density at radius 2 is 1.84 bits per heavy atom. The summed E-state index contributed by atoms with van der Waals surface area (Å²) in [6.07, 6.45) is -0.0937. The molecule has 3 rings (SSSR count). The molecule has 1 aromatic carbocycles. The Hall–Kier alpha value is -2.00. The number of aromatic nitrogens is 2. The summed E-state index contributed by atoms with van der Waals surface area (Å²) in [5.41, 5.74) is 0.561. The van der Waals surface area contributed by atoms with Crippen molar-refractivity contribution < 1.29 is 14.3 Å². The molecule has 1 aromatic heterocycles. The van der Waals surface area contributed by atoms with Crippen molar-refractivity contribution in [3.8, 4) is 0 Å². The molecule has 2 heterocycles. The summed E-state index contributed by atoms with van der Waals surface area (Å²) in [4.78, 5) is 25.8. The summed E-state index contributed by atoms with van der Waals surface area (Å²) < 4.78 is 14.9. The van der Waals surface area contributed by atoms with Gasteiger partial charge in [0.1, 0.15) is 12.3 Å². The van der Waals surface area contributed by atoms with E-state index in [9.17, 15) is 14.7 Å². The number of ether oxygens (including phenoxy) is 1. The van der Waals surface area contributed by atoms with Gasteiger partial charge in [0.25, 0.3) is 5.56 Å². The molecule has 0 saturated carbocycles. The lowest BCUT2D eigenvalue weighted by atomic mass is 10.2. The number of aliphatic hydroxyl groups excluding tert-OH is 1. The molecular weight excluding hydrogens is 412 g/mol. The first-order chi connectivity index (χ1) is 14.4. The molecule has 1 saturated heterocycles. The second kappa shape index (κ2) is 8.86. The van der Waals surface area contributed by atoms with Gasteiger partial charge in [-0.05, 0) is 30.6 Å². The summed E-state index contributed by atoms with van der Waals surface area (Å²) in [6.45, 7) is 12.9. The van der Waals surface area contributed by atoms with E-state index in [0.29, 0.717) is 5.56 Å². The zero-order valence-corrected chi connectivity index (χ0v) is 20.3. The molecule has 1 N–H and O–H groups in total. The second-order valence-electron chi connectivity index (χ2n) is 9.88. The van der Waals surface area contributed by atoms with E-state index in [1.807, 2.05) is 30.3 Å². The van der Waals surface area contributed by atoms with E-state index >= 15 is 0 Å². The van der Waals surface area contributed by atoms with Crippen LogP contribution in [-0.4, -0.2) is 41.4 Å². The molecule has 0 aliphatic carbocycles. The summed E-state index contributed by atoms with van der Waals surface area (Å²) in [6, 6.07) is 9.39. The highest BCUT2D eigenvalue weighted by atomic mass is 28.4. The number of benzene rings is 1. The lowest BCUT2D eigenvalue weighted by Gasteiger charge is -2.37. The maximum absolute atomic E-state index is 13.1. The fourth-order valence-corrected chi connectivity index (χ4v) is 4.43. The molecule has 2 aromatic rings. The maximum atomic E-state index is 13.1. The van der Waals surface area contributed by atoms with Crippen LogP contribution >= 0.6 is 0 Å². The minimum atomic E-state index is -1.99. The highest BCUT2D eigenvalue weighted by Gasteiger charge is 2.41. The van der Waals surface area contributed by atoms with Gasteiger partial charge in [0.2, 0.25) is 0 Å². The summed E-state index contributed by atoms with van der Waals surface area (Å²) in [5.74, 6) is 0. The van der Waals surface area contributed by atoms with E-state index < -0.39 is 32.4 Å². The molecule has 0 amide bonds. The van der Waals surface area contributed by atoms with Gasteiger partial charge in [0, 0.05) is 18.2 Å². The number of nitrogens with zero attached hydrogens (tertiary/aromatic N) is 2. The van der Waals surface area contributed by atoms with Gasteiger partial charge < -0.3 is 14.3 Å². The van der Waals surface area contributed by atoms with Gasteiger partial charge in [-0.25, -0.2) is 4.79 Å². The lowest BCUT2D eigenvalue weighted by molar-refractivity contribution is -0.0437. The monoisotopic (exact) mass is 446 g/mol. The average molecular weight is 447 g/mol. The van der Waals surface area contributed by atoms with Gasteiger partial charge in [-0.2, -0.15) is 0 Å². The van der Waals surface area contributed by atoms with Crippen molar-refractivity contribution >= 4 is 8.32 Å². The van der Waals surface area contributed by atoms with Crippen molar-refractivity contribution in [2.45, 2.75) is 77.2 Å². The SMILES string of the molecule is Cc1cn([C@H]2CC(O)[C@@H](CO[Si](C)(C)C(C)(C)C)O2)c(=O)n(Cc2ccccc2)c1=O. The van der Waals surface area contributed by atoms with Gasteiger partial charge in [-0.1, -0.05) is 51.1 Å². The zero-order chi connectivity index (χ0) is 23.0. The number of hydrogen-bond donors (Lipinski definition) is 1. The van der Waals surface area contributed by atoms with E-state index in [0.717, 1.165) is 5.56 Å². The van der Waals surface area contributed by atoms with Gasteiger partial charge in [0.05, 0.1) is 19.3 Å². The zero-order valence-electron chi connectivity index (χ0n) is 19.3. The Morgan fingerprint density at radius 3 is 2.45 bits per heavy atom. The molecule has 1 fully saturated rings. The van der Waals surface area contributed by atoms with Crippen LogP contribution in [-0.2, 0) is 15.7 Å². The number of aliphatic hydroxyl groups is 1. The third-order valence-corrected chi connectivity index (χ3v) is 11.0. The molecule has 31 heavy (non-hydrogen) atoms. The number of hydrogen-bond acceptors (Lipinski definition) is 5. The highest BCUT2D eigenvalue weighted by Crippen LogP contribution is 2.37. The largest absolute Gasteiger partial charge is 0.414 e. The molecule has 1 aliphatic heterocycles. The van der Waals surface area contributed by atoms with Crippen LogP contribution in [0, 0.1) is 6.92 Å². The Morgan fingerprint density at radius 1 is 1.19 bits per heavy atom. The molecule has 8 heteroatoms. The van der Waals surface area contributed by atoms with Gasteiger partial charge in [-0.3, -0.25) is 13.9 Å². The van der Waals surface area contributed by atoms with Crippen LogP contribution in [0.3, 0.4) is 0 Å². The van der Waals surface area contributed by atoms with Gasteiger partial charge in [0.15, 0.2) is 8.32 Å². The Balaban J connectivity index is 1.82. The van der Waals surface area contributed by atoms with Crippen molar-refractivity contribution in [3.05, 3.63) is 68.5 Å². The standard InChI is InChI=1S/C23H34N2O5Si/c1-16-13-24(22(28)25(21(16)27)14-17-10-8-7-9-11-17)20-12-18(26)19(30-20)15-29-31(5,6)23(2,3)4/h7-11,13,18-20,26H,12,14-15H2,1-6H3/t18?,19-,20-/m1/s1. The van der Waals surface area contributed by atoms with Crippen LogP contribution in [0.15, 0.2) is 46.1 Å². The fourth-order valence-electron chi connectivity index (χ4n) is 3.41. The second-order valence-corrected chi connectivity index (χ2v) is 14.7. The first kappa shape index (κ1) is 23.7. The van der Waals surface area contributed by atoms with Crippen LogP contribution in [0.2, 0.25) is 18.1 Å². The van der Waals surface area contributed by atoms with Gasteiger partial charge >= 0.3 is 5.69 Å². The van der Waals surface area contributed by atoms with Gasteiger partial charge in [-0.15, -0.1) is 0 Å². The van der Waals surface area contributed by atoms with E-state index in [1.54, 1.807) is 6.92 Å². The first-order valence-corrected chi connectivity index (χ1v) is 13.7. The van der Waals surface area contributed by atoms with E-state index in [-0.39, 0.29) is 30.2 Å². The average Bonchev–Trinajstić information content (AvgIpc) is 3.07. The molecule has 7 nitrogen and oxygen atoms in total. The van der Waals surface area contributed by atoms with Crippen molar-refractivity contribution in [1.29, 1.82) is 0 Å². The van der Waals surface area contributed by atoms with Crippen LogP contribution in [0.1, 0.15) is 44.5 Å². The number of rotatable bonds is 6. The molecule has 1 aliphatic rings. The van der Waals surface area contributed by atoms with Crippen molar-refractivity contribution in [2.24, 2.45) is 0 Å². The van der Waals surface area contributed by atoms with Crippen LogP contribution in [0.4, 0.5) is 0 Å². The minimum Gasteiger partial charge on any atom is -0.414 e.